The molecule has 42 heavy (non-hydrogen) atoms. The first-order valence-electron chi connectivity index (χ1n) is 14.2. The van der Waals surface area contributed by atoms with Gasteiger partial charge in [0.2, 0.25) is 5.78 Å². The number of nitrogens with one attached hydrogen (secondary N) is 1. The highest BCUT2D eigenvalue weighted by atomic mass is 79.9. The zero-order valence-corrected chi connectivity index (χ0v) is 27.6. The van der Waals surface area contributed by atoms with Crippen LogP contribution in [0, 0.1) is 0 Å². The van der Waals surface area contributed by atoms with Crippen molar-refractivity contribution in [2.75, 3.05) is 31.1 Å². The van der Waals surface area contributed by atoms with E-state index in [2.05, 4.69) is 42.1 Å². The maximum atomic E-state index is 14.1. The van der Waals surface area contributed by atoms with Gasteiger partial charge in [0.15, 0.2) is 5.13 Å². The van der Waals surface area contributed by atoms with Gasteiger partial charge in [-0.05, 0) is 75.0 Å². The van der Waals surface area contributed by atoms with Crippen LogP contribution in [0.25, 0.3) is 39.2 Å². The first-order chi connectivity index (χ1) is 20.5. The quantitative estimate of drug-likeness (QED) is 0.245. The predicted molar refractivity (Wildman–Crippen MR) is 179 cm³/mol. The number of ketones is 1. The molecule has 0 bridgehead atoms. The van der Waals surface area contributed by atoms with Gasteiger partial charge >= 0.3 is 0 Å². The fourth-order valence-electron chi connectivity index (χ4n) is 5.71. The lowest BCUT2D eigenvalue weighted by atomic mass is 9.85. The Morgan fingerprint density at radius 2 is 1.40 bits per heavy atom. The number of benzene rings is 2. The Bertz CT molecular complexity index is 1830. The van der Waals surface area contributed by atoms with Crippen LogP contribution in [0.15, 0.2) is 63.2 Å². The van der Waals surface area contributed by atoms with Crippen molar-refractivity contribution < 1.29 is 9.90 Å². The molecule has 10 heteroatoms. The van der Waals surface area contributed by atoms with Crippen LogP contribution in [-0.2, 0) is 4.79 Å². The predicted octanol–water partition coefficient (Wildman–Crippen LogP) is 6.69. The van der Waals surface area contributed by atoms with Gasteiger partial charge in [0.05, 0.1) is 31.9 Å². The van der Waals surface area contributed by atoms with E-state index in [0.717, 1.165) is 103 Å². The van der Waals surface area contributed by atoms with E-state index in [0.29, 0.717) is 11.1 Å². The Morgan fingerprint density at radius 3 is 2.02 bits per heavy atom. The van der Waals surface area contributed by atoms with Crippen LogP contribution in [0.4, 0.5) is 5.13 Å². The zero-order valence-electron chi connectivity index (χ0n) is 22.8. The second-order valence-corrected chi connectivity index (χ2v) is 14.5. The third-order valence-electron chi connectivity index (χ3n) is 8.00. The van der Waals surface area contributed by atoms with Gasteiger partial charge in [-0.1, -0.05) is 67.5 Å². The van der Waals surface area contributed by atoms with E-state index < -0.39 is 0 Å². The van der Waals surface area contributed by atoms with E-state index in [1.165, 1.54) is 34.7 Å². The molecule has 0 unspecified atom stereocenters. The van der Waals surface area contributed by atoms with E-state index in [4.69, 9.17) is 9.97 Å². The van der Waals surface area contributed by atoms with E-state index >= 15 is 0 Å². The van der Waals surface area contributed by atoms with Gasteiger partial charge in [0.1, 0.15) is 10.4 Å². The number of halogens is 2. The average Bonchev–Trinajstić information content (AvgIpc) is 3.64. The summed E-state index contributed by atoms with van der Waals surface area (Å²) in [4.78, 5) is 27.2. The summed E-state index contributed by atoms with van der Waals surface area (Å²) in [6.07, 6.45) is 5.35. The number of aliphatic hydroxyl groups is 1. The molecule has 0 atom stereocenters. The van der Waals surface area contributed by atoms with Crippen LogP contribution >= 0.6 is 54.5 Å². The highest BCUT2D eigenvalue weighted by Crippen LogP contribution is 2.46. The van der Waals surface area contributed by atoms with E-state index in [9.17, 15) is 9.90 Å². The third-order valence-corrected chi connectivity index (χ3v) is 11.4. The number of anilines is 1. The van der Waals surface area contributed by atoms with Crippen molar-refractivity contribution in [3.8, 4) is 22.5 Å². The maximum Gasteiger partial charge on any atom is 0.203 e. The number of aromatic nitrogens is 2. The van der Waals surface area contributed by atoms with Crippen molar-refractivity contribution in [1.82, 2.24) is 15.3 Å². The summed E-state index contributed by atoms with van der Waals surface area (Å²) in [7, 11) is 0. The summed E-state index contributed by atoms with van der Waals surface area (Å²) in [5.74, 6) is -0.111. The van der Waals surface area contributed by atoms with Crippen molar-refractivity contribution in [2.24, 2.45) is 0 Å². The van der Waals surface area contributed by atoms with Crippen molar-refractivity contribution in [2.45, 2.75) is 32.1 Å². The van der Waals surface area contributed by atoms with Crippen molar-refractivity contribution in [3.63, 3.8) is 0 Å². The van der Waals surface area contributed by atoms with Crippen molar-refractivity contribution in [1.29, 1.82) is 0 Å². The number of carbonyl (C=O) groups excluding carboxylic acids is 1. The molecule has 214 valence electrons. The Morgan fingerprint density at radius 1 is 0.786 bits per heavy atom. The zero-order chi connectivity index (χ0) is 28.8. The number of rotatable bonds is 4. The smallest absolute Gasteiger partial charge is 0.203 e. The molecular weight excluding hydrogens is 696 g/mol. The molecule has 0 radical (unpaired) electrons. The lowest BCUT2D eigenvalue weighted by molar-refractivity contribution is -0.109. The number of hydrogen-bond acceptors (Lipinski definition) is 8. The number of hydrogen-bond donors (Lipinski definition) is 2. The number of thiazole rings is 2. The molecule has 2 fully saturated rings. The maximum absolute atomic E-state index is 14.1. The first-order valence-corrected chi connectivity index (χ1v) is 17.4. The van der Waals surface area contributed by atoms with Gasteiger partial charge in [0, 0.05) is 33.2 Å². The highest BCUT2D eigenvalue weighted by molar-refractivity contribution is 9.10. The fourth-order valence-corrected chi connectivity index (χ4v) is 8.65. The topological polar surface area (TPSA) is 78.4 Å². The lowest BCUT2D eigenvalue weighted by Crippen LogP contribution is -2.29. The number of allylic oxidation sites excluding steroid dienone is 2. The monoisotopic (exact) mass is 722 g/mol. The minimum absolute atomic E-state index is 0.0380. The second kappa shape index (κ2) is 11.8. The number of nitrogens with zero attached hydrogens (tertiary/aromatic N) is 3. The third kappa shape index (κ3) is 5.21. The molecule has 2 aliphatic heterocycles. The standard InChI is InChI=1S/C32H28Br2N4O2S2/c33-21-8-4-18(5-9-21)25-29(41-31(36-25)20-12-14-35-15-13-20)23-27(39)24(28(23)40)30-26(19-6-10-22(34)11-7-19)37-32(42-30)38-16-2-1-3-17-38/h4-11,35,39H,1-3,12-17H2/b29-23-. The van der Waals surface area contributed by atoms with Crippen LogP contribution in [0.3, 0.4) is 0 Å². The SMILES string of the molecule is O=C1C(c2sc(N3CCCCC3)nc2-c2ccc(Br)cc2)=C(O)/C1=c1/sc(=C2CCNCC2)nc1-c1ccc(Br)cc1. The van der Waals surface area contributed by atoms with Crippen LogP contribution in [0.2, 0.25) is 0 Å². The van der Waals surface area contributed by atoms with Crippen LogP contribution < -0.4 is 19.4 Å². The molecule has 2 aromatic heterocycles. The van der Waals surface area contributed by atoms with Crippen LogP contribution in [0.1, 0.15) is 37.0 Å². The molecule has 2 aromatic carbocycles. The fraction of sp³-hybridized carbons (Fsp3) is 0.281. The van der Waals surface area contributed by atoms with Gasteiger partial charge in [-0.3, -0.25) is 4.79 Å². The number of piperidine rings is 2. The van der Waals surface area contributed by atoms with E-state index in [-0.39, 0.29) is 11.5 Å². The summed E-state index contributed by atoms with van der Waals surface area (Å²) in [5.41, 5.74) is 5.34. The summed E-state index contributed by atoms with van der Waals surface area (Å²) in [6, 6.07) is 15.9. The molecule has 0 amide bonds. The Labute approximate surface area is 268 Å². The minimum Gasteiger partial charge on any atom is -0.506 e. The second-order valence-electron chi connectivity index (χ2n) is 10.7. The van der Waals surface area contributed by atoms with E-state index in [1.807, 2.05) is 48.5 Å². The molecule has 3 aliphatic rings. The Kier molecular flexibility index (Phi) is 7.92. The largest absolute Gasteiger partial charge is 0.506 e. The highest BCUT2D eigenvalue weighted by Gasteiger charge is 2.40. The average molecular weight is 725 g/mol. The molecule has 0 saturated carbocycles. The number of carbonyl (C=O) groups is 1. The molecule has 4 aromatic rings. The molecular formula is C32H28Br2N4O2S2. The molecule has 2 N–H and O–H groups in total. The van der Waals surface area contributed by atoms with Gasteiger partial charge in [-0.2, -0.15) is 0 Å². The Hall–Kier alpha value is -2.63. The number of aliphatic hydroxyl groups excluding tert-OH is 1. The normalized spacial score (nSPS) is 19.0. The van der Waals surface area contributed by atoms with Crippen LogP contribution in [-0.4, -0.2) is 47.0 Å². The Balaban J connectivity index is 1.41. The summed E-state index contributed by atoms with van der Waals surface area (Å²) in [5, 5.41) is 16.0. The lowest BCUT2D eigenvalue weighted by Gasteiger charge is -2.26. The van der Waals surface area contributed by atoms with Crippen molar-refractivity contribution in [3.05, 3.63) is 77.3 Å². The van der Waals surface area contributed by atoms with Gasteiger partial charge < -0.3 is 15.3 Å². The first kappa shape index (κ1) is 28.2. The summed E-state index contributed by atoms with van der Waals surface area (Å²) in [6.45, 7) is 3.76. The molecule has 6 nitrogen and oxygen atoms in total. The minimum atomic E-state index is -0.149. The molecule has 0 spiro atoms. The molecule has 1 aliphatic carbocycles. The van der Waals surface area contributed by atoms with Gasteiger partial charge in [0.25, 0.3) is 0 Å². The summed E-state index contributed by atoms with van der Waals surface area (Å²) < 4.78 is 3.63. The van der Waals surface area contributed by atoms with Crippen molar-refractivity contribution >= 4 is 82.2 Å². The van der Waals surface area contributed by atoms with E-state index in [1.54, 1.807) is 0 Å². The van der Waals surface area contributed by atoms with Crippen LogP contribution in [0.5, 0.6) is 0 Å². The summed E-state index contributed by atoms with van der Waals surface area (Å²) >= 11 is 10.1. The molecule has 4 heterocycles. The van der Waals surface area contributed by atoms with Gasteiger partial charge in [-0.15, -0.1) is 11.3 Å². The number of Topliss-reactive ketones (excluding diaryl/α,β-unsaturated/α-hetero) is 1. The van der Waals surface area contributed by atoms with Gasteiger partial charge in [-0.25, -0.2) is 9.97 Å². The molecule has 7 rings (SSSR count). The molecule has 2 saturated heterocycles.